The molecule has 0 amide bonds. The summed E-state index contributed by atoms with van der Waals surface area (Å²) in [5, 5.41) is 0. The molecule has 0 heterocycles. The number of nitrogens with two attached hydrogens (primary N) is 1. The lowest BCUT2D eigenvalue weighted by molar-refractivity contribution is 0.738. The first-order valence-corrected chi connectivity index (χ1v) is 3.58. The highest BCUT2D eigenvalue weighted by molar-refractivity contribution is 5.15. The van der Waals surface area contributed by atoms with Crippen LogP contribution >= 0.6 is 0 Å². The third-order valence-electron chi connectivity index (χ3n) is 1.40. The molecule has 0 aliphatic carbocycles. The number of benzene rings is 1. The summed E-state index contributed by atoms with van der Waals surface area (Å²) in [6.07, 6.45) is 0.973. The molecule has 1 aromatic rings. The maximum Gasteiger partial charge on any atom is 0.00509 e. The molecule has 0 aromatic heterocycles. The van der Waals surface area contributed by atoms with E-state index in [1.54, 1.807) is 0 Å². The highest BCUT2D eigenvalue weighted by atomic mass is 14.6. The average molecular weight is 136 g/mol. The number of hydrogen-bond acceptors (Lipinski definition) is 1. The van der Waals surface area contributed by atoms with Crippen LogP contribution in [-0.4, -0.2) is 6.04 Å². The summed E-state index contributed by atoms with van der Waals surface area (Å²) >= 11 is 0. The van der Waals surface area contributed by atoms with Gasteiger partial charge < -0.3 is 5.73 Å². The van der Waals surface area contributed by atoms with Crippen LogP contribution in [0.1, 0.15) is 12.5 Å². The van der Waals surface area contributed by atoms with Gasteiger partial charge in [0.2, 0.25) is 0 Å². The first kappa shape index (κ1) is 7.29. The Hall–Kier alpha value is -0.820. The van der Waals surface area contributed by atoms with Gasteiger partial charge in [-0.2, -0.15) is 0 Å². The average Bonchev–Trinajstić information content (AvgIpc) is 1.88. The predicted octanol–water partition coefficient (Wildman–Crippen LogP) is 1.58. The molecule has 0 spiro atoms. The van der Waals surface area contributed by atoms with Gasteiger partial charge in [0.1, 0.15) is 0 Å². The molecule has 10 heavy (non-hydrogen) atoms. The lowest BCUT2D eigenvalue weighted by Crippen LogP contribution is -2.17. The van der Waals surface area contributed by atoms with Gasteiger partial charge in [-0.15, -0.1) is 0 Å². The molecular weight excluding hydrogens is 123 g/mol. The van der Waals surface area contributed by atoms with Crippen molar-refractivity contribution in [2.45, 2.75) is 19.4 Å². The van der Waals surface area contributed by atoms with Gasteiger partial charge in [0, 0.05) is 6.04 Å². The Labute approximate surface area is 61.9 Å². The fourth-order valence-electron chi connectivity index (χ4n) is 0.986. The maximum absolute atomic E-state index is 5.62. The molecule has 1 heteroatoms. The van der Waals surface area contributed by atoms with Crippen LogP contribution in [0.3, 0.4) is 0 Å². The van der Waals surface area contributed by atoms with Gasteiger partial charge in [-0.1, -0.05) is 30.3 Å². The minimum atomic E-state index is 0.266. The van der Waals surface area contributed by atoms with Crippen molar-refractivity contribution in [3.8, 4) is 0 Å². The first-order chi connectivity index (χ1) is 4.79. The quantitative estimate of drug-likeness (QED) is 0.614. The maximum atomic E-state index is 5.62. The van der Waals surface area contributed by atoms with Gasteiger partial charge in [-0.25, -0.2) is 0 Å². The van der Waals surface area contributed by atoms with Crippen LogP contribution in [0.5, 0.6) is 0 Å². The van der Waals surface area contributed by atoms with Crippen molar-refractivity contribution in [2.24, 2.45) is 5.73 Å². The topological polar surface area (TPSA) is 26.0 Å². The van der Waals surface area contributed by atoms with E-state index in [9.17, 15) is 0 Å². The standard InChI is InChI=1S/C9H13N/c1-8(10)7-9-5-3-2-4-6-9/h2-6,8H,7,10H2,1H3/t8-/m0/s1/i1+1. The van der Waals surface area contributed by atoms with Crippen LogP contribution in [0, 0.1) is 0 Å². The molecular formula is C9H13N. The molecule has 2 N–H and O–H groups in total. The SMILES string of the molecule is [13CH3][C@H](N)Cc1ccccc1. The van der Waals surface area contributed by atoms with Crippen LogP contribution in [0.2, 0.25) is 0 Å². The second-order valence-corrected chi connectivity index (χ2v) is 2.67. The van der Waals surface area contributed by atoms with Crippen molar-refractivity contribution in [3.63, 3.8) is 0 Å². The van der Waals surface area contributed by atoms with Crippen LogP contribution in [0.25, 0.3) is 0 Å². The van der Waals surface area contributed by atoms with E-state index in [0.717, 1.165) is 6.42 Å². The summed E-state index contributed by atoms with van der Waals surface area (Å²) in [6.45, 7) is 2.02. The zero-order valence-electron chi connectivity index (χ0n) is 6.25. The Morgan fingerprint density at radius 2 is 1.90 bits per heavy atom. The summed E-state index contributed by atoms with van der Waals surface area (Å²) in [4.78, 5) is 0. The van der Waals surface area contributed by atoms with E-state index >= 15 is 0 Å². The second-order valence-electron chi connectivity index (χ2n) is 2.67. The second kappa shape index (κ2) is 3.37. The van der Waals surface area contributed by atoms with Crippen molar-refractivity contribution in [1.82, 2.24) is 0 Å². The summed E-state index contributed by atoms with van der Waals surface area (Å²) in [7, 11) is 0. The molecule has 0 unspecified atom stereocenters. The lowest BCUT2D eigenvalue weighted by Gasteiger charge is -2.02. The van der Waals surface area contributed by atoms with Crippen molar-refractivity contribution < 1.29 is 0 Å². The summed E-state index contributed by atoms with van der Waals surface area (Å²) in [5.41, 5.74) is 6.94. The van der Waals surface area contributed by atoms with E-state index in [4.69, 9.17) is 5.73 Å². The van der Waals surface area contributed by atoms with E-state index in [1.807, 2.05) is 25.1 Å². The Balaban J connectivity index is 2.59. The smallest absolute Gasteiger partial charge is 0.00509 e. The van der Waals surface area contributed by atoms with Crippen molar-refractivity contribution in [1.29, 1.82) is 0 Å². The van der Waals surface area contributed by atoms with Gasteiger partial charge in [-0.3, -0.25) is 0 Å². The van der Waals surface area contributed by atoms with Gasteiger partial charge in [0.25, 0.3) is 0 Å². The minimum absolute atomic E-state index is 0.266. The van der Waals surface area contributed by atoms with E-state index in [0.29, 0.717) is 0 Å². The molecule has 1 nitrogen and oxygen atoms in total. The summed E-state index contributed by atoms with van der Waals surface area (Å²) in [5.74, 6) is 0. The van der Waals surface area contributed by atoms with Crippen LogP contribution in [0.4, 0.5) is 0 Å². The molecule has 0 saturated heterocycles. The Bertz CT molecular complexity index is 179. The van der Waals surface area contributed by atoms with Gasteiger partial charge in [0.05, 0.1) is 0 Å². The van der Waals surface area contributed by atoms with Crippen LogP contribution in [0.15, 0.2) is 30.3 Å². The minimum Gasteiger partial charge on any atom is -0.328 e. The molecule has 1 rings (SSSR count). The van der Waals surface area contributed by atoms with Crippen LogP contribution in [-0.2, 0) is 6.42 Å². The fourth-order valence-corrected chi connectivity index (χ4v) is 0.986. The van der Waals surface area contributed by atoms with Gasteiger partial charge >= 0.3 is 0 Å². The number of rotatable bonds is 2. The highest BCUT2D eigenvalue weighted by Crippen LogP contribution is 2.00. The van der Waals surface area contributed by atoms with E-state index in [1.165, 1.54) is 5.56 Å². The molecule has 0 fully saturated rings. The van der Waals surface area contributed by atoms with Gasteiger partial charge in [0.15, 0.2) is 0 Å². The van der Waals surface area contributed by atoms with Gasteiger partial charge in [-0.05, 0) is 18.9 Å². The van der Waals surface area contributed by atoms with Crippen molar-refractivity contribution in [3.05, 3.63) is 35.9 Å². The van der Waals surface area contributed by atoms with E-state index < -0.39 is 0 Å². The number of hydrogen-bond donors (Lipinski definition) is 1. The van der Waals surface area contributed by atoms with E-state index in [-0.39, 0.29) is 6.04 Å². The lowest BCUT2D eigenvalue weighted by atomic mass is 10.1. The summed E-state index contributed by atoms with van der Waals surface area (Å²) in [6, 6.07) is 10.6. The normalized spacial score (nSPS) is 13.0. The Morgan fingerprint density at radius 1 is 1.30 bits per heavy atom. The molecule has 0 aliphatic rings. The molecule has 0 bridgehead atoms. The third-order valence-corrected chi connectivity index (χ3v) is 1.40. The Morgan fingerprint density at radius 3 is 2.40 bits per heavy atom. The molecule has 1 aromatic carbocycles. The molecule has 1 atom stereocenters. The van der Waals surface area contributed by atoms with E-state index in [2.05, 4.69) is 12.1 Å². The molecule has 0 aliphatic heterocycles. The van der Waals surface area contributed by atoms with Crippen LogP contribution < -0.4 is 5.73 Å². The largest absolute Gasteiger partial charge is 0.328 e. The molecule has 0 saturated carbocycles. The zero-order valence-corrected chi connectivity index (χ0v) is 6.25. The molecule has 54 valence electrons. The highest BCUT2D eigenvalue weighted by Gasteiger charge is 1.94. The monoisotopic (exact) mass is 136 g/mol. The third kappa shape index (κ3) is 2.19. The zero-order chi connectivity index (χ0) is 7.40. The summed E-state index contributed by atoms with van der Waals surface area (Å²) < 4.78 is 0. The van der Waals surface area contributed by atoms with Crippen molar-refractivity contribution in [2.75, 3.05) is 0 Å². The van der Waals surface area contributed by atoms with Crippen molar-refractivity contribution >= 4 is 0 Å². The first-order valence-electron chi connectivity index (χ1n) is 3.58. The fraction of sp³-hybridized carbons (Fsp3) is 0.333. The Kier molecular flexibility index (Phi) is 2.46. The predicted molar refractivity (Wildman–Crippen MR) is 43.8 cm³/mol. The molecule has 0 radical (unpaired) electrons.